The molecule has 0 unspecified atom stereocenters. The molecule has 0 N–H and O–H groups in total. The summed E-state index contributed by atoms with van der Waals surface area (Å²) in [5, 5.41) is 3.96. The van der Waals surface area contributed by atoms with Crippen LogP contribution >= 0.6 is 0 Å². The third kappa shape index (κ3) is 5.38. The van der Waals surface area contributed by atoms with E-state index >= 15 is 0 Å². The van der Waals surface area contributed by atoms with E-state index in [1.165, 1.54) is 12.4 Å². The van der Waals surface area contributed by atoms with Crippen LogP contribution in [0.15, 0.2) is 30.9 Å². The van der Waals surface area contributed by atoms with E-state index in [-0.39, 0.29) is 18.9 Å². The molecule has 1 aromatic carbocycles. The molecule has 2 rings (SSSR count). The Hall–Kier alpha value is -2.35. The zero-order valence-corrected chi connectivity index (χ0v) is 13.8. The van der Waals surface area contributed by atoms with E-state index in [4.69, 9.17) is 0 Å². The van der Waals surface area contributed by atoms with Gasteiger partial charge in [0.15, 0.2) is 11.6 Å². The molecule has 1 amide bonds. The topological polar surface area (TPSA) is 54.3 Å². The van der Waals surface area contributed by atoms with Gasteiger partial charge in [-0.15, -0.1) is 0 Å². The van der Waals surface area contributed by atoms with Crippen LogP contribution in [0.2, 0.25) is 0 Å². The summed E-state index contributed by atoms with van der Waals surface area (Å²) in [5.41, 5.74) is 0.557. The minimum Gasteiger partial charge on any atom is -0.337 e. The lowest BCUT2D eigenvalue weighted by Crippen LogP contribution is -2.36. The van der Waals surface area contributed by atoms with Crippen LogP contribution in [0.4, 0.5) is 8.78 Å². The molecule has 0 saturated carbocycles. The Balaban J connectivity index is 2.01. The predicted molar refractivity (Wildman–Crippen MR) is 85.0 cm³/mol. The number of aromatic nitrogens is 3. The van der Waals surface area contributed by atoms with Gasteiger partial charge in [0.2, 0.25) is 5.91 Å². The monoisotopic (exact) mass is 337 g/mol. The summed E-state index contributed by atoms with van der Waals surface area (Å²) in [6, 6.07) is 3.70. The van der Waals surface area contributed by atoms with Gasteiger partial charge in [-0.1, -0.05) is 6.07 Å². The van der Waals surface area contributed by atoms with Gasteiger partial charge < -0.3 is 9.80 Å². The zero-order chi connectivity index (χ0) is 17.5. The quantitative estimate of drug-likeness (QED) is 0.733. The van der Waals surface area contributed by atoms with Crippen LogP contribution in [0.3, 0.4) is 0 Å². The van der Waals surface area contributed by atoms with Gasteiger partial charge in [-0.2, -0.15) is 5.10 Å². The van der Waals surface area contributed by atoms with Crippen LogP contribution in [0, 0.1) is 11.6 Å². The van der Waals surface area contributed by atoms with Crippen LogP contribution < -0.4 is 0 Å². The second-order valence-electron chi connectivity index (χ2n) is 5.78. The smallest absolute Gasteiger partial charge is 0.224 e. The summed E-state index contributed by atoms with van der Waals surface area (Å²) in [6.07, 6.45) is 3.23. The average Bonchev–Trinajstić information content (AvgIpc) is 3.05. The van der Waals surface area contributed by atoms with Gasteiger partial charge in [0, 0.05) is 26.1 Å². The van der Waals surface area contributed by atoms with E-state index < -0.39 is 11.6 Å². The highest BCUT2D eigenvalue weighted by atomic mass is 19.2. The molecular formula is C16H21F2N5O. The molecule has 24 heavy (non-hydrogen) atoms. The van der Waals surface area contributed by atoms with Gasteiger partial charge >= 0.3 is 0 Å². The van der Waals surface area contributed by atoms with E-state index in [1.807, 2.05) is 19.0 Å². The van der Waals surface area contributed by atoms with E-state index in [9.17, 15) is 13.6 Å². The number of carbonyl (C=O) groups excluding carboxylic acids is 1. The maximum atomic E-state index is 13.4. The highest BCUT2D eigenvalue weighted by molar-refractivity contribution is 5.76. The summed E-state index contributed by atoms with van der Waals surface area (Å²) < 4.78 is 28.0. The fourth-order valence-corrected chi connectivity index (χ4v) is 2.19. The molecule has 0 atom stereocenters. The number of hydrogen-bond donors (Lipinski definition) is 0. The first-order chi connectivity index (χ1) is 11.5. The maximum Gasteiger partial charge on any atom is 0.224 e. The number of nitrogens with zero attached hydrogens (tertiary/aromatic N) is 5. The minimum absolute atomic E-state index is 0.0721. The van der Waals surface area contributed by atoms with E-state index in [1.54, 1.807) is 15.9 Å². The number of aryl methyl sites for hydroxylation is 1. The Morgan fingerprint density at radius 3 is 2.62 bits per heavy atom. The summed E-state index contributed by atoms with van der Waals surface area (Å²) in [4.78, 5) is 19.9. The first kappa shape index (κ1) is 18.0. The molecule has 2 aromatic rings. The molecule has 0 aliphatic rings. The lowest BCUT2D eigenvalue weighted by atomic mass is 10.2. The largest absolute Gasteiger partial charge is 0.337 e. The lowest BCUT2D eigenvalue weighted by molar-refractivity contribution is -0.132. The van der Waals surface area contributed by atoms with Crippen molar-refractivity contribution in [1.29, 1.82) is 0 Å². The summed E-state index contributed by atoms with van der Waals surface area (Å²) >= 11 is 0. The normalized spacial score (nSPS) is 11.0. The summed E-state index contributed by atoms with van der Waals surface area (Å²) in [7, 11) is 3.82. The number of amides is 1. The van der Waals surface area contributed by atoms with Crippen molar-refractivity contribution >= 4 is 5.91 Å². The van der Waals surface area contributed by atoms with Crippen LogP contribution in [0.5, 0.6) is 0 Å². The Labute approximate surface area is 139 Å². The Bertz CT molecular complexity index is 660. The van der Waals surface area contributed by atoms with Crippen LogP contribution in [0.1, 0.15) is 12.0 Å². The average molecular weight is 337 g/mol. The molecule has 0 saturated heterocycles. The number of hydrogen-bond acceptors (Lipinski definition) is 4. The molecule has 1 aromatic heterocycles. The number of benzene rings is 1. The van der Waals surface area contributed by atoms with Crippen molar-refractivity contribution < 1.29 is 13.6 Å². The second-order valence-corrected chi connectivity index (χ2v) is 5.78. The molecule has 0 aliphatic heterocycles. The molecule has 6 nitrogen and oxygen atoms in total. The molecular weight excluding hydrogens is 316 g/mol. The van der Waals surface area contributed by atoms with Crippen molar-refractivity contribution in [2.75, 3.05) is 27.2 Å². The minimum atomic E-state index is -0.907. The maximum absolute atomic E-state index is 13.4. The molecule has 0 spiro atoms. The fourth-order valence-electron chi connectivity index (χ4n) is 2.19. The van der Waals surface area contributed by atoms with Crippen molar-refractivity contribution in [2.45, 2.75) is 19.5 Å². The zero-order valence-electron chi connectivity index (χ0n) is 13.8. The van der Waals surface area contributed by atoms with Crippen molar-refractivity contribution in [3.63, 3.8) is 0 Å². The molecule has 0 aliphatic carbocycles. The van der Waals surface area contributed by atoms with E-state index in [0.717, 1.165) is 12.1 Å². The highest BCUT2D eigenvalue weighted by Crippen LogP contribution is 2.12. The molecule has 8 heteroatoms. The Morgan fingerprint density at radius 2 is 2.00 bits per heavy atom. The van der Waals surface area contributed by atoms with Crippen LogP contribution in [-0.4, -0.2) is 57.7 Å². The van der Waals surface area contributed by atoms with Crippen molar-refractivity contribution in [2.24, 2.45) is 0 Å². The molecule has 1 heterocycles. The summed E-state index contributed by atoms with van der Waals surface area (Å²) in [5.74, 6) is -1.87. The number of rotatable bonds is 8. The third-order valence-corrected chi connectivity index (χ3v) is 3.55. The van der Waals surface area contributed by atoms with E-state index in [0.29, 0.717) is 25.2 Å². The number of carbonyl (C=O) groups is 1. The molecule has 0 fully saturated rings. The van der Waals surface area contributed by atoms with Crippen LogP contribution in [-0.2, 0) is 17.9 Å². The lowest BCUT2D eigenvalue weighted by Gasteiger charge is -2.24. The molecule has 0 radical (unpaired) electrons. The van der Waals surface area contributed by atoms with Gasteiger partial charge in [-0.3, -0.25) is 9.48 Å². The highest BCUT2D eigenvalue weighted by Gasteiger charge is 2.15. The Morgan fingerprint density at radius 1 is 1.21 bits per heavy atom. The van der Waals surface area contributed by atoms with Gasteiger partial charge in [0.25, 0.3) is 0 Å². The van der Waals surface area contributed by atoms with Crippen molar-refractivity contribution in [3.8, 4) is 0 Å². The van der Waals surface area contributed by atoms with Crippen molar-refractivity contribution in [3.05, 3.63) is 48.1 Å². The van der Waals surface area contributed by atoms with Crippen molar-refractivity contribution in [1.82, 2.24) is 24.6 Å². The summed E-state index contributed by atoms with van der Waals surface area (Å²) in [6.45, 7) is 1.84. The first-order valence-electron chi connectivity index (χ1n) is 7.64. The Kier molecular flexibility index (Phi) is 6.36. The van der Waals surface area contributed by atoms with Gasteiger partial charge in [0.1, 0.15) is 12.7 Å². The van der Waals surface area contributed by atoms with Gasteiger partial charge in [-0.05, 0) is 31.8 Å². The predicted octanol–water partition coefficient (Wildman–Crippen LogP) is 1.54. The second kappa shape index (κ2) is 8.49. The standard InChI is InChI=1S/C16H21F2N5O/c1-21(2)7-8-22(10-13-3-4-14(17)15(18)9-13)16(24)5-6-23-12-19-11-20-23/h3-4,9,11-12H,5-8,10H2,1-2H3. The molecule has 130 valence electrons. The fraction of sp³-hybridized carbons (Fsp3) is 0.438. The number of likely N-dealkylation sites (N-methyl/N-ethyl adjacent to an activating group) is 1. The SMILES string of the molecule is CN(C)CCN(Cc1ccc(F)c(F)c1)C(=O)CCn1cncn1. The molecule has 0 bridgehead atoms. The van der Waals surface area contributed by atoms with Crippen LogP contribution in [0.25, 0.3) is 0 Å². The van der Waals surface area contributed by atoms with Gasteiger partial charge in [-0.25, -0.2) is 13.8 Å². The van der Waals surface area contributed by atoms with E-state index in [2.05, 4.69) is 10.1 Å². The third-order valence-electron chi connectivity index (χ3n) is 3.55. The van der Waals surface area contributed by atoms with Gasteiger partial charge in [0.05, 0.1) is 6.54 Å². The number of halogens is 2. The first-order valence-corrected chi connectivity index (χ1v) is 7.64.